The van der Waals surface area contributed by atoms with Gasteiger partial charge in [-0.3, -0.25) is 0 Å². The highest BCUT2D eigenvalue weighted by Gasteiger charge is 2.33. The van der Waals surface area contributed by atoms with Crippen molar-refractivity contribution in [3.05, 3.63) is 12.5 Å². The van der Waals surface area contributed by atoms with Gasteiger partial charge in [0, 0.05) is 12.6 Å². The van der Waals surface area contributed by atoms with Crippen LogP contribution in [0.5, 0.6) is 0 Å². The topological polar surface area (TPSA) is 66.1 Å². The number of imidazole rings is 1. The summed E-state index contributed by atoms with van der Waals surface area (Å²) >= 11 is 0. The first-order valence-electron chi connectivity index (χ1n) is 7.02. The van der Waals surface area contributed by atoms with Crippen LogP contribution >= 0.6 is 0 Å². The molecule has 108 valence electrons. The molecule has 1 aliphatic carbocycles. The minimum atomic E-state index is -3.42. The molecule has 19 heavy (non-hydrogen) atoms. The van der Waals surface area contributed by atoms with Crippen molar-refractivity contribution in [2.45, 2.75) is 57.0 Å². The van der Waals surface area contributed by atoms with E-state index in [9.17, 15) is 8.42 Å². The van der Waals surface area contributed by atoms with E-state index in [2.05, 4.69) is 23.8 Å². The van der Waals surface area contributed by atoms with Crippen molar-refractivity contribution in [3.8, 4) is 0 Å². The third-order valence-corrected chi connectivity index (χ3v) is 5.60. The number of hydrogen-bond acceptors (Lipinski definition) is 3. The first-order valence-corrected chi connectivity index (χ1v) is 8.46. The molecule has 1 aliphatic rings. The number of sulfonamides is 1. The predicted molar refractivity (Wildman–Crippen MR) is 74.2 cm³/mol. The van der Waals surface area contributed by atoms with Gasteiger partial charge in [0.2, 0.25) is 0 Å². The number of aromatic amines is 1. The summed E-state index contributed by atoms with van der Waals surface area (Å²) in [5.74, 6) is 0.501. The molecule has 1 aromatic rings. The molecule has 0 bridgehead atoms. The van der Waals surface area contributed by atoms with Gasteiger partial charge >= 0.3 is 0 Å². The normalized spacial score (nSPS) is 17.7. The average molecular weight is 285 g/mol. The fraction of sp³-hybridized carbons (Fsp3) is 0.769. The van der Waals surface area contributed by atoms with Crippen LogP contribution in [0.15, 0.2) is 17.6 Å². The molecule has 0 saturated heterocycles. The fourth-order valence-electron chi connectivity index (χ4n) is 2.59. The Balaban J connectivity index is 2.20. The third-order valence-electron chi connectivity index (χ3n) is 3.72. The molecule has 0 atom stereocenters. The first kappa shape index (κ1) is 14.5. The molecule has 0 unspecified atom stereocenters. The van der Waals surface area contributed by atoms with Gasteiger partial charge in [-0.1, -0.05) is 26.7 Å². The number of rotatable bonds is 6. The Morgan fingerprint density at radius 3 is 2.63 bits per heavy atom. The van der Waals surface area contributed by atoms with Crippen LogP contribution in [-0.4, -0.2) is 35.3 Å². The standard InChI is InChI=1S/C13H23N3O2S/c1-11(2)7-8-16(12-5-3-4-6-12)19(17,18)13-9-14-10-15-13/h9-12H,3-8H2,1-2H3,(H,14,15). The summed E-state index contributed by atoms with van der Waals surface area (Å²) in [4.78, 5) is 6.56. The minimum absolute atomic E-state index is 0.159. The smallest absolute Gasteiger partial charge is 0.260 e. The van der Waals surface area contributed by atoms with Crippen LogP contribution in [0.4, 0.5) is 0 Å². The van der Waals surface area contributed by atoms with Crippen LogP contribution < -0.4 is 0 Å². The second kappa shape index (κ2) is 6.05. The summed E-state index contributed by atoms with van der Waals surface area (Å²) < 4.78 is 27.0. The van der Waals surface area contributed by atoms with Crippen LogP contribution in [0.2, 0.25) is 0 Å². The minimum Gasteiger partial charge on any atom is -0.335 e. The van der Waals surface area contributed by atoms with Crippen LogP contribution in [-0.2, 0) is 10.0 Å². The van der Waals surface area contributed by atoms with E-state index < -0.39 is 10.0 Å². The van der Waals surface area contributed by atoms with E-state index in [1.165, 1.54) is 12.5 Å². The van der Waals surface area contributed by atoms with Crippen molar-refractivity contribution >= 4 is 10.0 Å². The van der Waals surface area contributed by atoms with E-state index in [4.69, 9.17) is 0 Å². The lowest BCUT2D eigenvalue weighted by Crippen LogP contribution is -2.40. The molecule has 1 fully saturated rings. The summed E-state index contributed by atoms with van der Waals surface area (Å²) in [6.45, 7) is 4.84. The van der Waals surface area contributed by atoms with Gasteiger partial charge in [-0.25, -0.2) is 13.4 Å². The molecule has 0 aromatic carbocycles. The molecule has 0 radical (unpaired) electrons. The quantitative estimate of drug-likeness (QED) is 0.872. The highest BCUT2D eigenvalue weighted by molar-refractivity contribution is 7.89. The Labute approximate surface area is 115 Å². The average Bonchev–Trinajstić information content (AvgIpc) is 3.02. The number of nitrogens with zero attached hydrogens (tertiary/aromatic N) is 2. The Morgan fingerprint density at radius 1 is 1.42 bits per heavy atom. The van der Waals surface area contributed by atoms with Crippen LogP contribution in [0, 0.1) is 5.92 Å². The Hall–Kier alpha value is -0.880. The molecule has 2 rings (SSSR count). The zero-order valence-corrected chi connectivity index (χ0v) is 12.5. The molecule has 5 nitrogen and oxygen atoms in total. The van der Waals surface area contributed by atoms with Gasteiger partial charge in [0.15, 0.2) is 5.03 Å². The van der Waals surface area contributed by atoms with Crippen molar-refractivity contribution < 1.29 is 8.42 Å². The number of H-pyrrole nitrogens is 1. The van der Waals surface area contributed by atoms with Crippen molar-refractivity contribution in [3.63, 3.8) is 0 Å². The molecule has 6 heteroatoms. The van der Waals surface area contributed by atoms with Crippen molar-refractivity contribution in [2.24, 2.45) is 5.92 Å². The Morgan fingerprint density at radius 2 is 2.11 bits per heavy atom. The van der Waals surface area contributed by atoms with Gasteiger partial charge in [-0.15, -0.1) is 0 Å². The number of hydrogen-bond donors (Lipinski definition) is 1. The van der Waals surface area contributed by atoms with E-state index in [-0.39, 0.29) is 11.1 Å². The van der Waals surface area contributed by atoms with Gasteiger partial charge in [-0.2, -0.15) is 4.31 Å². The van der Waals surface area contributed by atoms with Gasteiger partial charge in [0.1, 0.15) is 0 Å². The molecule has 1 aromatic heterocycles. The summed E-state index contributed by atoms with van der Waals surface area (Å²) in [5, 5.41) is 0.211. The maximum absolute atomic E-state index is 12.6. The van der Waals surface area contributed by atoms with Gasteiger partial charge < -0.3 is 4.98 Å². The van der Waals surface area contributed by atoms with E-state index in [0.29, 0.717) is 12.5 Å². The highest BCUT2D eigenvalue weighted by Crippen LogP contribution is 2.28. The fourth-order valence-corrected chi connectivity index (χ4v) is 4.18. The molecule has 0 aliphatic heterocycles. The Kier molecular flexibility index (Phi) is 4.62. The lowest BCUT2D eigenvalue weighted by molar-refractivity contribution is 0.304. The molecular weight excluding hydrogens is 262 g/mol. The predicted octanol–water partition coefficient (Wildman–Crippen LogP) is 2.39. The largest absolute Gasteiger partial charge is 0.335 e. The highest BCUT2D eigenvalue weighted by atomic mass is 32.2. The van der Waals surface area contributed by atoms with E-state index in [1.807, 2.05) is 0 Å². The van der Waals surface area contributed by atoms with Crippen molar-refractivity contribution in [1.82, 2.24) is 14.3 Å². The zero-order chi connectivity index (χ0) is 13.9. The second-order valence-corrected chi connectivity index (χ2v) is 7.51. The second-order valence-electron chi connectivity index (χ2n) is 5.65. The van der Waals surface area contributed by atoms with E-state index in [0.717, 1.165) is 32.1 Å². The SMILES string of the molecule is CC(C)CCN(C1CCCC1)S(=O)(=O)c1cnc[nH]1. The zero-order valence-electron chi connectivity index (χ0n) is 11.7. The van der Waals surface area contributed by atoms with E-state index in [1.54, 1.807) is 4.31 Å². The maximum Gasteiger partial charge on any atom is 0.260 e. The number of nitrogens with one attached hydrogen (secondary N) is 1. The van der Waals surface area contributed by atoms with Crippen molar-refractivity contribution in [1.29, 1.82) is 0 Å². The third kappa shape index (κ3) is 3.36. The lowest BCUT2D eigenvalue weighted by atomic mass is 10.1. The lowest BCUT2D eigenvalue weighted by Gasteiger charge is -2.28. The van der Waals surface area contributed by atoms with Crippen LogP contribution in [0.25, 0.3) is 0 Å². The molecule has 1 N–H and O–H groups in total. The summed E-state index contributed by atoms with van der Waals surface area (Å²) in [7, 11) is -3.42. The van der Waals surface area contributed by atoms with Gasteiger partial charge in [0.05, 0.1) is 12.5 Å². The first-order chi connectivity index (χ1) is 9.01. The van der Waals surface area contributed by atoms with Crippen LogP contribution in [0.3, 0.4) is 0 Å². The van der Waals surface area contributed by atoms with Crippen LogP contribution in [0.1, 0.15) is 46.0 Å². The molecule has 1 heterocycles. The number of aromatic nitrogens is 2. The maximum atomic E-state index is 12.6. The molecule has 0 amide bonds. The van der Waals surface area contributed by atoms with Gasteiger partial charge in [0.25, 0.3) is 10.0 Å². The van der Waals surface area contributed by atoms with Crippen molar-refractivity contribution in [2.75, 3.05) is 6.54 Å². The summed E-state index contributed by atoms with van der Waals surface area (Å²) in [6, 6.07) is 0.159. The molecular formula is C13H23N3O2S. The van der Waals surface area contributed by atoms with E-state index >= 15 is 0 Å². The summed E-state index contributed by atoms with van der Waals surface area (Å²) in [5.41, 5.74) is 0. The van der Waals surface area contributed by atoms with Gasteiger partial charge in [-0.05, 0) is 25.2 Å². The Bertz CT molecular complexity index is 476. The summed E-state index contributed by atoms with van der Waals surface area (Å²) in [6.07, 6.45) is 7.91. The molecule has 0 spiro atoms. The monoisotopic (exact) mass is 285 g/mol. The molecule has 1 saturated carbocycles.